The molecule has 0 radical (unpaired) electrons. The fourth-order valence-corrected chi connectivity index (χ4v) is 8.01. The van der Waals surface area contributed by atoms with Crippen LogP contribution in [0.4, 0.5) is 0 Å². The number of aliphatic hydroxyl groups is 1. The molecule has 1 N–H and O–H groups in total. The molecule has 4 rings (SSSR count). The third-order valence-electron chi connectivity index (χ3n) is 9.33. The fourth-order valence-electron chi connectivity index (χ4n) is 8.01. The second-order valence-electron chi connectivity index (χ2n) is 9.81. The second-order valence-corrected chi connectivity index (χ2v) is 9.81. The predicted octanol–water partition coefficient (Wildman–Crippen LogP) is 5.42. The van der Waals surface area contributed by atoms with Crippen LogP contribution in [0.25, 0.3) is 0 Å². The van der Waals surface area contributed by atoms with Gasteiger partial charge in [-0.2, -0.15) is 0 Å². The van der Waals surface area contributed by atoms with Crippen molar-refractivity contribution in [1.29, 1.82) is 0 Å². The summed E-state index contributed by atoms with van der Waals surface area (Å²) in [7, 11) is 0. The Morgan fingerprint density at radius 2 is 1.59 bits per heavy atom. The SMILES string of the molecule is CC[C@H]1CC[C@H]2[C@@H]3CC[C@H]4C[C@@H](O)CC[C@]4(C)[C@H]3CC[C@]12C. The minimum absolute atomic E-state index is 0.000524. The first kappa shape index (κ1) is 15.5. The van der Waals surface area contributed by atoms with E-state index in [1.165, 1.54) is 51.4 Å². The Bertz CT molecular complexity index is 432. The smallest absolute Gasteiger partial charge is 0.0543 e. The van der Waals surface area contributed by atoms with E-state index in [4.69, 9.17) is 0 Å². The zero-order valence-electron chi connectivity index (χ0n) is 15.0. The predicted molar refractivity (Wildman–Crippen MR) is 91.5 cm³/mol. The summed E-state index contributed by atoms with van der Waals surface area (Å²) in [5.74, 6) is 4.79. The van der Waals surface area contributed by atoms with E-state index in [2.05, 4.69) is 20.8 Å². The number of aliphatic hydroxyl groups excluding tert-OH is 1. The molecular weight excluding hydrogens is 268 g/mol. The van der Waals surface area contributed by atoms with Crippen molar-refractivity contribution in [2.24, 2.45) is 40.4 Å². The van der Waals surface area contributed by atoms with Crippen molar-refractivity contribution < 1.29 is 5.11 Å². The van der Waals surface area contributed by atoms with E-state index in [1.54, 1.807) is 0 Å². The topological polar surface area (TPSA) is 20.2 Å². The molecule has 0 spiro atoms. The van der Waals surface area contributed by atoms with Gasteiger partial charge < -0.3 is 5.11 Å². The Balaban J connectivity index is 1.61. The van der Waals surface area contributed by atoms with Gasteiger partial charge in [-0.1, -0.05) is 27.2 Å². The minimum atomic E-state index is -0.000524. The zero-order chi connectivity index (χ0) is 15.5. The molecule has 0 saturated heterocycles. The summed E-state index contributed by atoms with van der Waals surface area (Å²) in [6, 6.07) is 0. The molecule has 0 aromatic rings. The number of hydrogen-bond donors (Lipinski definition) is 1. The van der Waals surface area contributed by atoms with E-state index in [-0.39, 0.29) is 6.10 Å². The van der Waals surface area contributed by atoms with Crippen molar-refractivity contribution in [1.82, 2.24) is 0 Å². The van der Waals surface area contributed by atoms with Gasteiger partial charge in [0, 0.05) is 0 Å². The zero-order valence-corrected chi connectivity index (χ0v) is 15.0. The Labute approximate surface area is 137 Å². The monoisotopic (exact) mass is 304 g/mol. The van der Waals surface area contributed by atoms with Crippen molar-refractivity contribution in [3.8, 4) is 0 Å². The van der Waals surface area contributed by atoms with Gasteiger partial charge in [-0.15, -0.1) is 0 Å². The van der Waals surface area contributed by atoms with Gasteiger partial charge in [-0.25, -0.2) is 0 Å². The molecule has 0 aromatic carbocycles. The highest BCUT2D eigenvalue weighted by molar-refractivity contribution is 5.08. The van der Waals surface area contributed by atoms with Crippen LogP contribution in [0.2, 0.25) is 0 Å². The Morgan fingerprint density at radius 1 is 0.864 bits per heavy atom. The van der Waals surface area contributed by atoms with Gasteiger partial charge in [0.2, 0.25) is 0 Å². The molecule has 0 aromatic heterocycles. The highest BCUT2D eigenvalue weighted by Crippen LogP contribution is 2.67. The van der Waals surface area contributed by atoms with Crippen LogP contribution in [0.5, 0.6) is 0 Å². The van der Waals surface area contributed by atoms with E-state index in [1.807, 2.05) is 0 Å². The van der Waals surface area contributed by atoms with Crippen molar-refractivity contribution in [2.45, 2.75) is 91.1 Å². The third-order valence-corrected chi connectivity index (χ3v) is 9.33. The first-order valence-electron chi connectivity index (χ1n) is 10.2. The molecule has 8 atom stereocenters. The molecule has 4 saturated carbocycles. The van der Waals surface area contributed by atoms with E-state index < -0.39 is 0 Å². The van der Waals surface area contributed by atoms with Crippen LogP contribution in [-0.2, 0) is 0 Å². The average molecular weight is 305 g/mol. The maximum absolute atomic E-state index is 10.1. The summed E-state index contributed by atoms with van der Waals surface area (Å²) in [6.45, 7) is 7.68. The van der Waals surface area contributed by atoms with Crippen molar-refractivity contribution >= 4 is 0 Å². The number of fused-ring (bicyclic) bond motifs is 5. The van der Waals surface area contributed by atoms with Gasteiger partial charge in [0.1, 0.15) is 0 Å². The highest BCUT2D eigenvalue weighted by atomic mass is 16.3. The molecule has 22 heavy (non-hydrogen) atoms. The summed E-state index contributed by atoms with van der Waals surface area (Å²) < 4.78 is 0. The van der Waals surface area contributed by atoms with Crippen LogP contribution in [-0.4, -0.2) is 11.2 Å². The summed E-state index contributed by atoms with van der Waals surface area (Å²) in [6.07, 6.45) is 13.7. The molecule has 1 heteroatoms. The van der Waals surface area contributed by atoms with E-state index in [0.29, 0.717) is 10.8 Å². The minimum Gasteiger partial charge on any atom is -0.393 e. The van der Waals surface area contributed by atoms with Crippen molar-refractivity contribution in [2.75, 3.05) is 0 Å². The average Bonchev–Trinajstić information content (AvgIpc) is 2.84. The maximum atomic E-state index is 10.1. The Morgan fingerprint density at radius 3 is 2.36 bits per heavy atom. The number of hydrogen-bond acceptors (Lipinski definition) is 1. The van der Waals surface area contributed by atoms with E-state index in [0.717, 1.165) is 42.4 Å². The lowest BCUT2D eigenvalue weighted by molar-refractivity contribution is -0.126. The molecule has 0 bridgehead atoms. The van der Waals surface area contributed by atoms with Gasteiger partial charge in [0.15, 0.2) is 0 Å². The summed E-state index contributed by atoms with van der Waals surface area (Å²) in [5.41, 5.74) is 1.21. The van der Waals surface area contributed by atoms with Crippen LogP contribution >= 0.6 is 0 Å². The molecular formula is C21H36O. The van der Waals surface area contributed by atoms with Crippen LogP contribution in [0.1, 0.15) is 85.0 Å². The molecule has 0 amide bonds. The fraction of sp³-hybridized carbons (Fsp3) is 1.00. The Kier molecular flexibility index (Phi) is 3.68. The molecule has 0 aliphatic heterocycles. The highest BCUT2D eigenvalue weighted by Gasteiger charge is 2.59. The van der Waals surface area contributed by atoms with Gasteiger partial charge in [-0.3, -0.25) is 0 Å². The van der Waals surface area contributed by atoms with Gasteiger partial charge in [0.05, 0.1) is 6.10 Å². The Hall–Kier alpha value is -0.0400. The molecule has 4 aliphatic carbocycles. The standard InChI is InChI=1S/C21H36O/c1-4-14-6-8-18-17-7-5-15-13-16(22)9-11-21(15,3)19(17)10-12-20(14,18)2/h14-19,22H,4-13H2,1-3H3/t14-,15-,16-,17-,18-,19-,20+,21-/m0/s1. The van der Waals surface area contributed by atoms with Crippen molar-refractivity contribution in [3.05, 3.63) is 0 Å². The molecule has 4 aliphatic rings. The number of rotatable bonds is 1. The molecule has 4 fully saturated rings. The van der Waals surface area contributed by atoms with Gasteiger partial charge in [-0.05, 0) is 98.2 Å². The van der Waals surface area contributed by atoms with Crippen LogP contribution in [0, 0.1) is 40.4 Å². The lowest BCUT2D eigenvalue weighted by Gasteiger charge is -2.61. The van der Waals surface area contributed by atoms with Crippen molar-refractivity contribution in [3.63, 3.8) is 0 Å². The van der Waals surface area contributed by atoms with Gasteiger partial charge in [0.25, 0.3) is 0 Å². The summed E-state index contributed by atoms with van der Waals surface area (Å²) in [5, 5.41) is 10.1. The first-order chi connectivity index (χ1) is 10.5. The third kappa shape index (κ3) is 2.00. The quantitative estimate of drug-likeness (QED) is 0.686. The second kappa shape index (κ2) is 5.23. The lowest BCUT2D eigenvalue weighted by atomic mass is 9.44. The largest absolute Gasteiger partial charge is 0.393 e. The first-order valence-corrected chi connectivity index (χ1v) is 10.2. The summed E-state index contributed by atoms with van der Waals surface area (Å²) in [4.78, 5) is 0. The molecule has 126 valence electrons. The summed E-state index contributed by atoms with van der Waals surface area (Å²) >= 11 is 0. The van der Waals surface area contributed by atoms with E-state index in [9.17, 15) is 5.11 Å². The maximum Gasteiger partial charge on any atom is 0.0543 e. The molecule has 1 nitrogen and oxygen atoms in total. The molecule has 0 heterocycles. The van der Waals surface area contributed by atoms with Gasteiger partial charge >= 0.3 is 0 Å². The van der Waals surface area contributed by atoms with Crippen LogP contribution in [0.15, 0.2) is 0 Å². The molecule has 0 unspecified atom stereocenters. The van der Waals surface area contributed by atoms with E-state index >= 15 is 0 Å². The van der Waals surface area contributed by atoms with Crippen LogP contribution in [0.3, 0.4) is 0 Å². The normalized spacial score (nSPS) is 57.8. The lowest BCUT2D eigenvalue weighted by Crippen LogP contribution is -2.53. The van der Waals surface area contributed by atoms with Crippen LogP contribution < -0.4 is 0 Å².